The molecule has 3 N–H and O–H groups in total. The number of amidine groups is 1. The number of oxime groups is 1. The van der Waals surface area contributed by atoms with E-state index in [4.69, 9.17) is 10.9 Å². The first-order valence-corrected chi connectivity index (χ1v) is 6.34. The lowest BCUT2D eigenvalue weighted by Gasteiger charge is -2.41. The highest BCUT2D eigenvalue weighted by molar-refractivity contribution is 5.85. The van der Waals surface area contributed by atoms with Crippen molar-refractivity contribution in [2.75, 3.05) is 19.6 Å². The molecular weight excluding hydrogens is 202 g/mol. The summed E-state index contributed by atoms with van der Waals surface area (Å²) in [6.07, 6.45) is 6.26. The normalized spacial score (nSPS) is 27.7. The predicted molar refractivity (Wildman–Crippen MR) is 64.5 cm³/mol. The molecule has 92 valence electrons. The molecule has 0 aromatic heterocycles. The minimum absolute atomic E-state index is 0.0924. The third-order valence-corrected chi connectivity index (χ3v) is 4.43. The zero-order valence-corrected chi connectivity index (χ0v) is 10.2. The Balaban J connectivity index is 1.81. The molecule has 0 unspecified atom stereocenters. The third kappa shape index (κ3) is 2.32. The minimum atomic E-state index is -0.0924. The van der Waals surface area contributed by atoms with E-state index in [0.29, 0.717) is 5.84 Å². The molecule has 1 saturated carbocycles. The molecule has 1 aliphatic carbocycles. The van der Waals surface area contributed by atoms with Crippen LogP contribution in [0.3, 0.4) is 0 Å². The van der Waals surface area contributed by atoms with Gasteiger partial charge in [-0.15, -0.1) is 0 Å². The van der Waals surface area contributed by atoms with Crippen molar-refractivity contribution in [3.05, 3.63) is 0 Å². The van der Waals surface area contributed by atoms with E-state index in [2.05, 4.69) is 17.0 Å². The van der Waals surface area contributed by atoms with Gasteiger partial charge in [-0.25, -0.2) is 0 Å². The lowest BCUT2D eigenvalue weighted by Crippen LogP contribution is -2.47. The zero-order valence-electron chi connectivity index (χ0n) is 10.2. The van der Waals surface area contributed by atoms with Gasteiger partial charge in [0.15, 0.2) is 0 Å². The Morgan fingerprint density at radius 1 is 1.44 bits per heavy atom. The van der Waals surface area contributed by atoms with E-state index < -0.39 is 0 Å². The van der Waals surface area contributed by atoms with Gasteiger partial charge in [0.2, 0.25) is 0 Å². The molecule has 1 saturated heterocycles. The Labute approximate surface area is 97.5 Å². The van der Waals surface area contributed by atoms with Crippen LogP contribution in [-0.2, 0) is 0 Å². The molecule has 0 aromatic rings. The van der Waals surface area contributed by atoms with Gasteiger partial charge in [0.1, 0.15) is 5.84 Å². The van der Waals surface area contributed by atoms with E-state index in [-0.39, 0.29) is 5.41 Å². The lowest BCUT2D eigenvalue weighted by atomic mass is 9.78. The van der Waals surface area contributed by atoms with Crippen molar-refractivity contribution in [1.29, 1.82) is 0 Å². The van der Waals surface area contributed by atoms with E-state index in [1.807, 2.05) is 0 Å². The van der Waals surface area contributed by atoms with Gasteiger partial charge in [0.25, 0.3) is 0 Å². The molecule has 16 heavy (non-hydrogen) atoms. The van der Waals surface area contributed by atoms with Gasteiger partial charge in [-0.1, -0.05) is 18.5 Å². The number of piperidine rings is 1. The Bertz CT molecular complexity index is 265. The van der Waals surface area contributed by atoms with Gasteiger partial charge < -0.3 is 15.8 Å². The number of hydrogen-bond acceptors (Lipinski definition) is 3. The smallest absolute Gasteiger partial charge is 0.145 e. The molecule has 0 spiro atoms. The third-order valence-electron chi connectivity index (χ3n) is 4.43. The summed E-state index contributed by atoms with van der Waals surface area (Å²) in [6, 6.07) is 0. The highest BCUT2D eigenvalue weighted by Gasteiger charge is 2.35. The molecule has 1 heterocycles. The van der Waals surface area contributed by atoms with Crippen LogP contribution in [0.4, 0.5) is 0 Å². The van der Waals surface area contributed by atoms with Gasteiger partial charge in [-0.05, 0) is 44.7 Å². The molecule has 0 aromatic carbocycles. The topological polar surface area (TPSA) is 61.9 Å². The maximum atomic E-state index is 8.76. The second-order valence-electron chi connectivity index (χ2n) is 5.64. The molecular formula is C12H23N3O. The summed E-state index contributed by atoms with van der Waals surface area (Å²) in [6.45, 7) is 5.53. The van der Waals surface area contributed by atoms with E-state index in [9.17, 15) is 0 Å². The summed E-state index contributed by atoms with van der Waals surface area (Å²) in [5, 5.41) is 11.9. The van der Waals surface area contributed by atoms with Crippen LogP contribution in [0.15, 0.2) is 5.16 Å². The largest absolute Gasteiger partial charge is 0.409 e. The summed E-state index contributed by atoms with van der Waals surface area (Å²) in [5.74, 6) is 1.34. The summed E-state index contributed by atoms with van der Waals surface area (Å²) >= 11 is 0. The highest BCUT2D eigenvalue weighted by atomic mass is 16.4. The monoisotopic (exact) mass is 225 g/mol. The van der Waals surface area contributed by atoms with E-state index in [1.165, 1.54) is 25.8 Å². The average Bonchev–Trinajstić information content (AvgIpc) is 2.25. The Morgan fingerprint density at radius 3 is 2.50 bits per heavy atom. The van der Waals surface area contributed by atoms with Crippen LogP contribution >= 0.6 is 0 Å². The van der Waals surface area contributed by atoms with Crippen LogP contribution in [0.5, 0.6) is 0 Å². The van der Waals surface area contributed by atoms with Gasteiger partial charge in [0, 0.05) is 12.0 Å². The fraction of sp³-hybridized carbons (Fsp3) is 0.917. The first kappa shape index (κ1) is 11.7. The molecule has 4 nitrogen and oxygen atoms in total. The molecule has 0 bridgehead atoms. The van der Waals surface area contributed by atoms with Gasteiger partial charge in [0.05, 0.1) is 0 Å². The van der Waals surface area contributed by atoms with Gasteiger partial charge in [-0.2, -0.15) is 0 Å². The molecule has 0 radical (unpaired) electrons. The maximum Gasteiger partial charge on any atom is 0.145 e. The average molecular weight is 225 g/mol. The van der Waals surface area contributed by atoms with Crippen LogP contribution in [0.25, 0.3) is 0 Å². The molecule has 4 heteroatoms. The summed E-state index contributed by atoms with van der Waals surface area (Å²) in [4.78, 5) is 2.54. The van der Waals surface area contributed by atoms with Gasteiger partial charge in [-0.3, -0.25) is 0 Å². The quantitative estimate of drug-likeness (QED) is 0.332. The van der Waals surface area contributed by atoms with Crippen molar-refractivity contribution in [2.45, 2.75) is 39.0 Å². The Hall–Kier alpha value is -0.770. The summed E-state index contributed by atoms with van der Waals surface area (Å²) < 4.78 is 0. The maximum absolute atomic E-state index is 8.76. The molecule has 2 fully saturated rings. The number of nitrogens with two attached hydrogens (primary N) is 1. The van der Waals surface area contributed by atoms with Crippen molar-refractivity contribution in [1.82, 2.24) is 4.90 Å². The molecule has 2 aliphatic rings. The van der Waals surface area contributed by atoms with E-state index in [0.717, 1.165) is 31.8 Å². The number of likely N-dealkylation sites (tertiary alicyclic amines) is 1. The number of nitrogens with zero attached hydrogens (tertiary/aromatic N) is 2. The molecule has 0 atom stereocenters. The number of rotatable bonds is 3. The second-order valence-corrected chi connectivity index (χ2v) is 5.64. The summed E-state index contributed by atoms with van der Waals surface area (Å²) in [7, 11) is 0. The van der Waals surface area contributed by atoms with Crippen molar-refractivity contribution >= 4 is 5.84 Å². The second kappa shape index (κ2) is 4.62. The Morgan fingerprint density at radius 2 is 2.06 bits per heavy atom. The molecule has 1 aliphatic heterocycles. The Kier molecular flexibility index (Phi) is 3.38. The molecule has 2 rings (SSSR count). The predicted octanol–water partition coefficient (Wildman–Crippen LogP) is 1.63. The SMILES string of the molecule is CC1(C(N)=NO)CCN(CC2CCC2)CC1. The number of hydrogen-bond donors (Lipinski definition) is 2. The van der Waals surface area contributed by atoms with Crippen LogP contribution in [0, 0.1) is 11.3 Å². The van der Waals surface area contributed by atoms with Crippen molar-refractivity contribution in [3.8, 4) is 0 Å². The van der Waals surface area contributed by atoms with Crippen molar-refractivity contribution < 1.29 is 5.21 Å². The lowest BCUT2D eigenvalue weighted by molar-refractivity contribution is 0.117. The first-order chi connectivity index (χ1) is 7.64. The van der Waals surface area contributed by atoms with Gasteiger partial charge >= 0.3 is 0 Å². The van der Waals surface area contributed by atoms with Crippen LogP contribution < -0.4 is 5.73 Å². The standard InChI is InChI=1S/C12H23N3O/c1-12(11(13)14-16)5-7-15(8-6-12)9-10-3-2-4-10/h10,16H,2-9H2,1H3,(H2,13,14). The highest BCUT2D eigenvalue weighted by Crippen LogP contribution is 2.33. The van der Waals surface area contributed by atoms with Crippen LogP contribution in [0.2, 0.25) is 0 Å². The van der Waals surface area contributed by atoms with Crippen LogP contribution in [-0.4, -0.2) is 35.6 Å². The fourth-order valence-corrected chi connectivity index (χ4v) is 2.65. The van der Waals surface area contributed by atoms with E-state index >= 15 is 0 Å². The fourth-order valence-electron chi connectivity index (χ4n) is 2.65. The first-order valence-electron chi connectivity index (χ1n) is 6.34. The molecule has 0 amide bonds. The van der Waals surface area contributed by atoms with Crippen molar-refractivity contribution in [2.24, 2.45) is 22.2 Å². The summed E-state index contributed by atoms with van der Waals surface area (Å²) in [5.41, 5.74) is 5.66. The zero-order chi connectivity index (χ0) is 11.6. The van der Waals surface area contributed by atoms with Crippen LogP contribution in [0.1, 0.15) is 39.0 Å². The van der Waals surface area contributed by atoms with E-state index in [1.54, 1.807) is 0 Å². The minimum Gasteiger partial charge on any atom is -0.409 e. The van der Waals surface area contributed by atoms with Crippen molar-refractivity contribution in [3.63, 3.8) is 0 Å².